The summed E-state index contributed by atoms with van der Waals surface area (Å²) in [6.45, 7) is 3.41. The molecular formula is C5H8ClNO3. The summed E-state index contributed by atoms with van der Waals surface area (Å²) in [5.41, 5.74) is 0. The average molecular weight is 166 g/mol. The van der Waals surface area contributed by atoms with Crippen molar-refractivity contribution in [2.75, 3.05) is 6.61 Å². The van der Waals surface area contributed by atoms with Crippen LogP contribution in [-0.4, -0.2) is 17.9 Å². The lowest BCUT2D eigenvalue weighted by Gasteiger charge is -1.95. The molecule has 0 saturated carbocycles. The minimum absolute atomic E-state index is 0.146. The molecule has 4 nitrogen and oxygen atoms in total. The summed E-state index contributed by atoms with van der Waals surface area (Å²) < 4.78 is 4.37. The highest BCUT2D eigenvalue weighted by Crippen LogP contribution is 1.89. The molecule has 0 aromatic rings. The van der Waals surface area contributed by atoms with Gasteiger partial charge >= 0.3 is 6.16 Å². The predicted molar refractivity (Wildman–Crippen MR) is 37.1 cm³/mol. The van der Waals surface area contributed by atoms with Gasteiger partial charge in [0, 0.05) is 0 Å². The fourth-order valence-electron chi connectivity index (χ4n) is 0.244. The van der Waals surface area contributed by atoms with Crippen LogP contribution in [0, 0.1) is 0 Å². The first-order valence-electron chi connectivity index (χ1n) is 2.70. The van der Waals surface area contributed by atoms with E-state index in [0.717, 1.165) is 0 Å². The Morgan fingerprint density at radius 1 is 1.70 bits per heavy atom. The Morgan fingerprint density at radius 3 is 2.70 bits per heavy atom. The number of ether oxygens (including phenoxy) is 1. The normalized spacial score (nSPS) is 10.9. The number of nitrogens with zero attached hydrogens (tertiary/aromatic N) is 1. The fourth-order valence-corrected chi connectivity index (χ4v) is 0.279. The van der Waals surface area contributed by atoms with Gasteiger partial charge in [-0.25, -0.2) is 4.79 Å². The van der Waals surface area contributed by atoms with Crippen LogP contribution in [0.3, 0.4) is 0 Å². The summed E-state index contributed by atoms with van der Waals surface area (Å²) in [7, 11) is 0. The SMILES string of the molecule is CCOC(=O)O/N=C(/C)Cl. The molecule has 0 fully saturated rings. The molecule has 0 heterocycles. The summed E-state index contributed by atoms with van der Waals surface area (Å²) in [5.74, 6) is 0. The third-order valence-electron chi connectivity index (χ3n) is 0.508. The number of carbonyl (C=O) groups excluding carboxylic acids is 1. The Kier molecular flexibility index (Phi) is 4.66. The molecule has 0 aromatic carbocycles. The van der Waals surface area contributed by atoms with E-state index in [1.807, 2.05) is 0 Å². The largest absolute Gasteiger partial charge is 0.535 e. The summed E-state index contributed by atoms with van der Waals surface area (Å²) in [6.07, 6.45) is -0.845. The van der Waals surface area contributed by atoms with Crippen molar-refractivity contribution in [3.63, 3.8) is 0 Å². The van der Waals surface area contributed by atoms with Crippen LogP contribution in [0.15, 0.2) is 5.16 Å². The van der Waals surface area contributed by atoms with E-state index in [2.05, 4.69) is 14.7 Å². The van der Waals surface area contributed by atoms with Gasteiger partial charge < -0.3 is 4.74 Å². The molecule has 0 spiro atoms. The molecule has 10 heavy (non-hydrogen) atoms. The maximum Gasteiger partial charge on any atom is 0.535 e. The number of halogens is 1. The second kappa shape index (κ2) is 5.05. The Hall–Kier alpha value is -0.770. The molecule has 0 radical (unpaired) electrons. The van der Waals surface area contributed by atoms with E-state index in [-0.39, 0.29) is 11.8 Å². The molecular weight excluding hydrogens is 158 g/mol. The second-order valence-electron chi connectivity index (χ2n) is 1.36. The first-order valence-corrected chi connectivity index (χ1v) is 3.08. The summed E-state index contributed by atoms with van der Waals surface area (Å²) in [4.78, 5) is 14.5. The van der Waals surface area contributed by atoms with Crippen LogP contribution in [-0.2, 0) is 9.57 Å². The highest BCUT2D eigenvalue weighted by Gasteiger charge is 1.99. The van der Waals surface area contributed by atoms with Gasteiger partial charge in [-0.05, 0) is 13.8 Å². The third kappa shape index (κ3) is 5.37. The first kappa shape index (κ1) is 9.23. The van der Waals surface area contributed by atoms with Crippen molar-refractivity contribution >= 4 is 22.9 Å². The van der Waals surface area contributed by atoms with Gasteiger partial charge in [0.25, 0.3) is 0 Å². The van der Waals surface area contributed by atoms with E-state index in [1.165, 1.54) is 6.92 Å². The lowest BCUT2D eigenvalue weighted by molar-refractivity contribution is 0.0615. The van der Waals surface area contributed by atoms with E-state index in [4.69, 9.17) is 11.6 Å². The van der Waals surface area contributed by atoms with Crippen molar-refractivity contribution in [3.05, 3.63) is 0 Å². The lowest BCUT2D eigenvalue weighted by Crippen LogP contribution is -2.03. The molecule has 0 bridgehead atoms. The van der Waals surface area contributed by atoms with E-state index in [0.29, 0.717) is 0 Å². The van der Waals surface area contributed by atoms with Crippen molar-refractivity contribution < 1.29 is 14.4 Å². The Morgan fingerprint density at radius 2 is 2.30 bits per heavy atom. The van der Waals surface area contributed by atoms with E-state index in [9.17, 15) is 4.79 Å². The topological polar surface area (TPSA) is 47.9 Å². The molecule has 0 aliphatic carbocycles. The van der Waals surface area contributed by atoms with Crippen molar-refractivity contribution in [1.29, 1.82) is 0 Å². The van der Waals surface area contributed by atoms with Gasteiger partial charge in [0.1, 0.15) is 5.17 Å². The highest BCUT2D eigenvalue weighted by molar-refractivity contribution is 6.64. The van der Waals surface area contributed by atoms with Crippen LogP contribution in [0.1, 0.15) is 13.8 Å². The molecule has 0 amide bonds. The third-order valence-corrected chi connectivity index (χ3v) is 0.577. The van der Waals surface area contributed by atoms with Crippen LogP contribution in [0.2, 0.25) is 0 Å². The van der Waals surface area contributed by atoms with Crippen LogP contribution >= 0.6 is 11.6 Å². The highest BCUT2D eigenvalue weighted by atomic mass is 35.5. The van der Waals surface area contributed by atoms with E-state index >= 15 is 0 Å². The van der Waals surface area contributed by atoms with Crippen LogP contribution in [0.5, 0.6) is 0 Å². The summed E-state index contributed by atoms with van der Waals surface area (Å²) in [6, 6.07) is 0. The molecule has 0 aliphatic rings. The van der Waals surface area contributed by atoms with Gasteiger partial charge in [0.15, 0.2) is 0 Å². The Bertz CT molecular complexity index is 142. The zero-order chi connectivity index (χ0) is 7.98. The Labute approximate surface area is 63.7 Å². The number of hydrogen-bond donors (Lipinski definition) is 0. The molecule has 0 saturated heterocycles. The zero-order valence-corrected chi connectivity index (χ0v) is 6.51. The van der Waals surface area contributed by atoms with Gasteiger partial charge in [0.05, 0.1) is 6.61 Å². The first-order chi connectivity index (χ1) is 4.66. The van der Waals surface area contributed by atoms with Gasteiger partial charge in [-0.2, -0.15) is 0 Å². The predicted octanol–water partition coefficient (Wildman–Crippen LogP) is 1.73. The number of hydrogen-bond acceptors (Lipinski definition) is 4. The van der Waals surface area contributed by atoms with Gasteiger partial charge in [-0.3, -0.25) is 4.84 Å². The van der Waals surface area contributed by atoms with Gasteiger partial charge in [-0.1, -0.05) is 16.8 Å². The molecule has 0 aliphatic heterocycles. The molecule has 0 rings (SSSR count). The fraction of sp³-hybridized carbons (Fsp3) is 0.600. The van der Waals surface area contributed by atoms with Gasteiger partial charge in [-0.15, -0.1) is 0 Å². The van der Waals surface area contributed by atoms with E-state index < -0.39 is 6.16 Å². The standard InChI is InChI=1S/C5H8ClNO3/c1-3-9-5(8)10-7-4(2)6/h3H2,1-2H3/b7-4-. The summed E-state index contributed by atoms with van der Waals surface area (Å²) >= 11 is 5.24. The monoisotopic (exact) mass is 165 g/mol. The minimum Gasteiger partial charge on any atom is -0.433 e. The maximum absolute atomic E-state index is 10.3. The van der Waals surface area contributed by atoms with Gasteiger partial charge in [0.2, 0.25) is 0 Å². The molecule has 5 heteroatoms. The van der Waals surface area contributed by atoms with Crippen molar-refractivity contribution in [3.8, 4) is 0 Å². The number of oxime groups is 1. The quantitative estimate of drug-likeness (QED) is 0.271. The second-order valence-corrected chi connectivity index (χ2v) is 1.91. The van der Waals surface area contributed by atoms with Crippen molar-refractivity contribution in [2.45, 2.75) is 13.8 Å². The molecule has 0 N–H and O–H groups in total. The molecule has 58 valence electrons. The maximum atomic E-state index is 10.3. The average Bonchev–Trinajstić information content (AvgIpc) is 1.85. The van der Waals surface area contributed by atoms with Crippen LogP contribution < -0.4 is 0 Å². The Balaban J connectivity index is 3.49. The zero-order valence-electron chi connectivity index (χ0n) is 5.76. The smallest absolute Gasteiger partial charge is 0.433 e. The number of rotatable bonds is 2. The molecule has 0 aromatic heterocycles. The molecule has 0 atom stereocenters. The minimum atomic E-state index is -0.845. The van der Waals surface area contributed by atoms with Crippen molar-refractivity contribution in [2.24, 2.45) is 5.16 Å². The number of carbonyl (C=O) groups is 1. The van der Waals surface area contributed by atoms with Crippen molar-refractivity contribution in [1.82, 2.24) is 0 Å². The summed E-state index contributed by atoms with van der Waals surface area (Å²) in [5, 5.41) is 3.30. The van der Waals surface area contributed by atoms with Crippen LogP contribution in [0.25, 0.3) is 0 Å². The molecule has 0 unspecified atom stereocenters. The van der Waals surface area contributed by atoms with E-state index in [1.54, 1.807) is 6.92 Å². The lowest BCUT2D eigenvalue weighted by atomic mass is 10.9. The van der Waals surface area contributed by atoms with Crippen LogP contribution in [0.4, 0.5) is 4.79 Å².